The second-order valence-electron chi connectivity index (χ2n) is 11.5. The molecular weight excluding hydrogens is 442 g/mol. The van der Waals surface area contributed by atoms with E-state index in [1.165, 1.54) is 11.1 Å². The Kier molecular flexibility index (Phi) is 5.62. The molecule has 5 aliphatic rings. The molecule has 192 valence electrons. The molecule has 3 aliphatic heterocycles. The monoisotopic (exact) mass is 483 g/mol. The molecular formula is C28H41N3O4. The molecule has 2 saturated heterocycles. The van der Waals surface area contributed by atoms with Gasteiger partial charge in [0.05, 0.1) is 24.0 Å². The van der Waals surface area contributed by atoms with Gasteiger partial charge in [-0.1, -0.05) is 6.07 Å². The van der Waals surface area contributed by atoms with Crippen molar-refractivity contribution in [2.45, 2.75) is 81.6 Å². The lowest BCUT2D eigenvalue weighted by molar-refractivity contribution is -0.198. The number of hydrogen-bond donors (Lipinski definition) is 1. The predicted octanol–water partition coefficient (Wildman–Crippen LogP) is 2.43. The maximum atomic E-state index is 13.2. The van der Waals surface area contributed by atoms with Crippen molar-refractivity contribution in [2.24, 2.45) is 5.92 Å². The fourth-order valence-electron chi connectivity index (χ4n) is 8.55. The van der Waals surface area contributed by atoms with Crippen LogP contribution in [0.25, 0.3) is 0 Å². The third-order valence-corrected chi connectivity index (χ3v) is 10.2. The molecule has 6 atom stereocenters. The Morgan fingerprint density at radius 3 is 2.77 bits per heavy atom. The number of hydrogen-bond acceptors (Lipinski definition) is 6. The van der Waals surface area contributed by atoms with Crippen LogP contribution in [0.3, 0.4) is 0 Å². The summed E-state index contributed by atoms with van der Waals surface area (Å²) >= 11 is 0. The molecule has 1 aromatic rings. The van der Waals surface area contributed by atoms with E-state index in [4.69, 9.17) is 9.47 Å². The molecule has 1 unspecified atom stereocenters. The quantitative estimate of drug-likeness (QED) is 0.694. The van der Waals surface area contributed by atoms with Gasteiger partial charge in [0.2, 0.25) is 5.91 Å². The molecule has 2 bridgehead atoms. The Morgan fingerprint density at radius 2 is 2.03 bits per heavy atom. The normalized spacial score (nSPS) is 38.0. The Labute approximate surface area is 209 Å². The van der Waals surface area contributed by atoms with Crippen molar-refractivity contribution in [3.8, 4) is 11.5 Å². The zero-order valence-corrected chi connectivity index (χ0v) is 21.8. The van der Waals surface area contributed by atoms with Crippen molar-refractivity contribution in [3.05, 3.63) is 23.3 Å². The molecule has 7 nitrogen and oxygen atoms in total. The summed E-state index contributed by atoms with van der Waals surface area (Å²) in [4.78, 5) is 20.1. The molecule has 3 fully saturated rings. The molecule has 35 heavy (non-hydrogen) atoms. The van der Waals surface area contributed by atoms with E-state index < -0.39 is 11.0 Å². The van der Waals surface area contributed by atoms with Crippen molar-refractivity contribution in [2.75, 3.05) is 46.9 Å². The highest BCUT2D eigenvalue weighted by Crippen LogP contribution is 2.65. The molecule has 3 heterocycles. The van der Waals surface area contributed by atoms with Gasteiger partial charge in [0, 0.05) is 37.3 Å². The number of carbonyl (C=O) groups is 1. The maximum absolute atomic E-state index is 13.2. The highest BCUT2D eigenvalue weighted by molar-refractivity contribution is 5.79. The van der Waals surface area contributed by atoms with Crippen LogP contribution < -0.4 is 9.47 Å². The van der Waals surface area contributed by atoms with E-state index in [0.717, 1.165) is 82.7 Å². The van der Waals surface area contributed by atoms with Crippen LogP contribution >= 0.6 is 0 Å². The summed E-state index contributed by atoms with van der Waals surface area (Å²) in [5, 5.41) is 12.5. The standard InChI is InChI=1S/C28H41N3O4/c1-5-30(6-2)26(32)19-8-7-14-31(17-19)20-11-12-28(33)22-16-18-9-10-21(34-4)24-23(18)27(28,25(20)35-24)13-15-29(22)3/h9-10,19-20,22,25,33H,5-8,11-17H2,1-4H3/t19?,20-,22+,25+,27+,28-/m1/s1. The number of ether oxygens (including phenoxy) is 2. The minimum Gasteiger partial charge on any atom is -0.493 e. The van der Waals surface area contributed by atoms with E-state index in [0.29, 0.717) is 5.91 Å². The fourth-order valence-corrected chi connectivity index (χ4v) is 8.55. The Morgan fingerprint density at radius 1 is 1.23 bits per heavy atom. The van der Waals surface area contributed by atoms with E-state index in [-0.39, 0.29) is 24.1 Å². The van der Waals surface area contributed by atoms with Gasteiger partial charge in [0.15, 0.2) is 11.5 Å². The topological polar surface area (TPSA) is 65.5 Å². The van der Waals surface area contributed by atoms with Crippen molar-refractivity contribution in [3.63, 3.8) is 0 Å². The number of likely N-dealkylation sites (N-methyl/N-ethyl adjacent to an activating group) is 1. The van der Waals surface area contributed by atoms with Gasteiger partial charge in [-0.25, -0.2) is 0 Å². The average Bonchev–Trinajstić information content (AvgIpc) is 3.22. The van der Waals surface area contributed by atoms with E-state index in [2.05, 4.69) is 36.8 Å². The first-order valence-corrected chi connectivity index (χ1v) is 13.7. The van der Waals surface area contributed by atoms with E-state index in [9.17, 15) is 9.90 Å². The summed E-state index contributed by atoms with van der Waals surface area (Å²) in [5.41, 5.74) is 1.29. The SMILES string of the molecule is CCN(CC)C(=O)C1CCCN([C@@H]2CC[C@@]3(O)[C@@H]4Cc5ccc(OC)c6c5[C@@]3(CCN4C)[C@H]2O6)C1. The Hall–Kier alpha value is -1.83. The molecule has 6 rings (SSSR count). The minimum absolute atomic E-state index is 0.0485. The van der Waals surface area contributed by atoms with Crippen molar-refractivity contribution >= 4 is 5.91 Å². The zero-order valence-electron chi connectivity index (χ0n) is 21.8. The second-order valence-corrected chi connectivity index (χ2v) is 11.5. The highest BCUT2D eigenvalue weighted by Gasteiger charge is 2.73. The Bertz CT molecular complexity index is 1010. The van der Waals surface area contributed by atoms with E-state index >= 15 is 0 Å². The maximum Gasteiger partial charge on any atom is 0.226 e. The fraction of sp³-hybridized carbons (Fsp3) is 0.750. The number of aliphatic hydroxyl groups is 1. The number of benzene rings is 1. The van der Waals surface area contributed by atoms with Gasteiger partial charge < -0.3 is 24.4 Å². The van der Waals surface area contributed by atoms with E-state index in [1.807, 2.05) is 11.0 Å². The number of piperidine rings is 2. The lowest BCUT2D eigenvalue weighted by Crippen LogP contribution is -2.78. The summed E-state index contributed by atoms with van der Waals surface area (Å²) in [7, 11) is 3.87. The van der Waals surface area contributed by atoms with Crippen molar-refractivity contribution < 1.29 is 19.4 Å². The average molecular weight is 484 g/mol. The van der Waals surface area contributed by atoms with Gasteiger partial charge in [-0.15, -0.1) is 0 Å². The van der Waals surface area contributed by atoms with Gasteiger partial charge >= 0.3 is 0 Å². The van der Waals surface area contributed by atoms with Crippen LogP contribution in [0.5, 0.6) is 11.5 Å². The number of methoxy groups -OCH3 is 1. The summed E-state index contributed by atoms with van der Waals surface area (Å²) in [6, 6.07) is 4.53. The third kappa shape index (κ3) is 3.04. The number of carbonyl (C=O) groups excluding carboxylic acids is 1. The van der Waals surface area contributed by atoms with Gasteiger partial charge in [-0.3, -0.25) is 9.69 Å². The van der Waals surface area contributed by atoms with Gasteiger partial charge in [-0.05, 0) is 84.1 Å². The molecule has 2 aliphatic carbocycles. The number of likely N-dealkylation sites (tertiary alicyclic amines) is 2. The molecule has 7 heteroatoms. The Balaban J connectivity index is 1.39. The van der Waals surface area contributed by atoms with Gasteiger partial charge in [0.25, 0.3) is 0 Å². The summed E-state index contributed by atoms with van der Waals surface area (Å²) in [5.74, 6) is 1.98. The van der Waals surface area contributed by atoms with Crippen molar-refractivity contribution in [1.82, 2.24) is 14.7 Å². The number of nitrogens with zero attached hydrogens (tertiary/aromatic N) is 3. The lowest BCUT2D eigenvalue weighted by atomic mass is 9.48. The van der Waals surface area contributed by atoms with E-state index in [1.54, 1.807) is 7.11 Å². The van der Waals surface area contributed by atoms with Gasteiger partial charge in [0.1, 0.15) is 6.10 Å². The zero-order chi connectivity index (χ0) is 24.5. The molecule has 0 aromatic heterocycles. The molecule has 1 N–H and O–H groups in total. The summed E-state index contributed by atoms with van der Waals surface area (Å²) in [6.07, 6.45) is 5.28. The van der Waals surface area contributed by atoms with Crippen LogP contribution in [0.15, 0.2) is 12.1 Å². The first kappa shape index (κ1) is 23.6. The third-order valence-electron chi connectivity index (χ3n) is 10.2. The predicted molar refractivity (Wildman–Crippen MR) is 134 cm³/mol. The smallest absolute Gasteiger partial charge is 0.226 e. The van der Waals surface area contributed by atoms with Crippen LogP contribution in [0.4, 0.5) is 0 Å². The highest BCUT2D eigenvalue weighted by atomic mass is 16.5. The van der Waals surface area contributed by atoms with Crippen LogP contribution in [0, 0.1) is 5.92 Å². The van der Waals surface area contributed by atoms with Crippen molar-refractivity contribution in [1.29, 1.82) is 0 Å². The molecule has 1 spiro atoms. The largest absolute Gasteiger partial charge is 0.493 e. The minimum atomic E-state index is -0.808. The summed E-state index contributed by atoms with van der Waals surface area (Å²) < 4.78 is 12.7. The van der Waals surface area contributed by atoms with Crippen LogP contribution in [0.1, 0.15) is 57.1 Å². The van der Waals surface area contributed by atoms with Crippen LogP contribution in [-0.4, -0.2) is 96.4 Å². The lowest BCUT2D eigenvalue weighted by Gasteiger charge is -2.64. The first-order chi connectivity index (χ1) is 16.9. The first-order valence-electron chi connectivity index (χ1n) is 13.7. The van der Waals surface area contributed by atoms with Gasteiger partial charge in [-0.2, -0.15) is 0 Å². The van der Waals surface area contributed by atoms with Crippen LogP contribution in [-0.2, 0) is 16.6 Å². The summed E-state index contributed by atoms with van der Waals surface area (Å²) in [6.45, 7) is 8.41. The molecule has 1 saturated carbocycles. The number of amides is 1. The molecule has 1 amide bonds. The number of rotatable bonds is 5. The molecule has 0 radical (unpaired) electrons. The van der Waals surface area contributed by atoms with Crippen LogP contribution in [0.2, 0.25) is 0 Å². The second kappa shape index (κ2) is 8.35. The molecule has 1 aromatic carbocycles.